The highest BCUT2D eigenvalue weighted by Crippen LogP contribution is 2.66. The number of rotatable bonds is 6. The van der Waals surface area contributed by atoms with E-state index in [1.54, 1.807) is 0 Å². The van der Waals surface area contributed by atoms with Crippen molar-refractivity contribution in [3.63, 3.8) is 0 Å². The van der Waals surface area contributed by atoms with Gasteiger partial charge in [0.15, 0.2) is 17.3 Å². The van der Waals surface area contributed by atoms with E-state index in [0.29, 0.717) is 44.1 Å². The van der Waals surface area contributed by atoms with E-state index in [-0.39, 0.29) is 23.1 Å². The molecule has 2 aromatic rings. The van der Waals surface area contributed by atoms with Gasteiger partial charge in [0, 0.05) is 29.4 Å². The zero-order valence-corrected chi connectivity index (χ0v) is 25.8. The van der Waals surface area contributed by atoms with Crippen molar-refractivity contribution >= 4 is 23.1 Å². The van der Waals surface area contributed by atoms with Crippen molar-refractivity contribution in [2.24, 2.45) is 16.2 Å². The van der Waals surface area contributed by atoms with E-state index in [0.717, 1.165) is 50.1 Å². The summed E-state index contributed by atoms with van der Waals surface area (Å²) < 4.78 is 0. The van der Waals surface area contributed by atoms with E-state index in [1.165, 1.54) is 6.92 Å². The minimum Gasteiger partial charge on any atom is -0.300 e. The molecule has 5 rings (SSSR count). The minimum atomic E-state index is -0.934. The molecule has 0 aliphatic heterocycles. The molecule has 0 spiro atoms. The zero-order chi connectivity index (χ0) is 30.1. The van der Waals surface area contributed by atoms with Gasteiger partial charge in [-0.2, -0.15) is 0 Å². The fraction of sp³-hybridized carbons (Fsp3) is 0.459. The molecule has 3 atom stereocenters. The third-order valence-electron chi connectivity index (χ3n) is 10.8. The number of carbonyl (C=O) groups excluding carboxylic acids is 4. The van der Waals surface area contributed by atoms with Crippen LogP contribution >= 0.6 is 0 Å². The van der Waals surface area contributed by atoms with Crippen LogP contribution in [-0.2, 0) is 27.2 Å². The summed E-state index contributed by atoms with van der Waals surface area (Å²) in [4.78, 5) is 53.9. The second kappa shape index (κ2) is 9.86. The Kier molecular flexibility index (Phi) is 7.00. The fourth-order valence-electron chi connectivity index (χ4n) is 8.62. The average Bonchev–Trinajstić information content (AvgIpc) is 2.90. The van der Waals surface area contributed by atoms with Crippen LogP contribution in [0.3, 0.4) is 0 Å². The topological polar surface area (TPSA) is 68.3 Å². The smallest absolute Gasteiger partial charge is 0.190 e. The Hall–Kier alpha value is -3.40. The van der Waals surface area contributed by atoms with Crippen molar-refractivity contribution in [1.29, 1.82) is 0 Å². The van der Waals surface area contributed by atoms with Gasteiger partial charge in [0.1, 0.15) is 5.78 Å². The van der Waals surface area contributed by atoms with Crippen LogP contribution in [0.2, 0.25) is 0 Å². The first-order valence-corrected chi connectivity index (χ1v) is 14.9. The molecule has 0 heterocycles. The number of Topliss-reactive ketones (excluding diaryl/α,β-unsaturated/α-hetero) is 4. The van der Waals surface area contributed by atoms with Gasteiger partial charge in [-0.1, -0.05) is 68.3 Å². The fourth-order valence-corrected chi connectivity index (χ4v) is 8.62. The first-order chi connectivity index (χ1) is 19.2. The Labute approximate surface area is 244 Å². The van der Waals surface area contributed by atoms with Crippen molar-refractivity contribution < 1.29 is 19.2 Å². The Morgan fingerprint density at radius 3 is 2.22 bits per heavy atom. The van der Waals surface area contributed by atoms with Crippen molar-refractivity contribution in [2.75, 3.05) is 0 Å². The van der Waals surface area contributed by atoms with E-state index in [2.05, 4.69) is 32.0 Å². The number of allylic oxidation sites excluding steroid dienone is 4. The van der Waals surface area contributed by atoms with E-state index in [9.17, 15) is 19.2 Å². The molecule has 3 aliphatic rings. The predicted molar refractivity (Wildman–Crippen MR) is 163 cm³/mol. The Morgan fingerprint density at radius 1 is 0.951 bits per heavy atom. The van der Waals surface area contributed by atoms with E-state index in [1.807, 2.05) is 52.8 Å². The van der Waals surface area contributed by atoms with Crippen LogP contribution in [0, 0.1) is 23.2 Å². The molecule has 3 unspecified atom stereocenters. The minimum absolute atomic E-state index is 0.00340. The second-order valence-corrected chi connectivity index (χ2v) is 13.5. The van der Waals surface area contributed by atoms with Gasteiger partial charge in [-0.3, -0.25) is 19.2 Å². The summed E-state index contributed by atoms with van der Waals surface area (Å²) in [7, 11) is 0. The van der Waals surface area contributed by atoms with Gasteiger partial charge in [0.2, 0.25) is 0 Å². The lowest BCUT2D eigenvalue weighted by Gasteiger charge is -2.59. The molecule has 2 aromatic carbocycles. The molecule has 0 saturated carbocycles. The largest absolute Gasteiger partial charge is 0.300 e. The maximum atomic E-state index is 14.8. The first-order valence-electron chi connectivity index (χ1n) is 14.9. The molecule has 4 heteroatoms. The standard InChI is InChI=1S/C37H42O4/c1-9-27(39)16-15-26-17-28(25-13-11-10-12-14-25)29-19-35(6)20-36(7)18-21(2)30(24(5)38)34(41)37(36,8)23(4)32(35)33(40)31(29)22(26)3/h10-14,17H,9,15-16,18-20H2,1-8H3. The highest BCUT2D eigenvalue weighted by molar-refractivity contribution is 6.24. The average molecular weight is 551 g/mol. The van der Waals surface area contributed by atoms with Gasteiger partial charge in [-0.25, -0.2) is 0 Å². The normalized spacial score (nSPS) is 27.4. The van der Waals surface area contributed by atoms with Gasteiger partial charge in [0.25, 0.3) is 0 Å². The first kappa shape index (κ1) is 29.1. The lowest BCUT2D eigenvalue weighted by atomic mass is 9.42. The summed E-state index contributed by atoms with van der Waals surface area (Å²) in [6, 6.07) is 12.4. The van der Waals surface area contributed by atoms with Crippen LogP contribution in [0.5, 0.6) is 0 Å². The monoisotopic (exact) mass is 550 g/mol. The molecule has 0 radical (unpaired) electrons. The van der Waals surface area contributed by atoms with Crippen LogP contribution in [-0.4, -0.2) is 23.1 Å². The quantitative estimate of drug-likeness (QED) is 0.343. The van der Waals surface area contributed by atoms with E-state index in [4.69, 9.17) is 0 Å². The van der Waals surface area contributed by atoms with Gasteiger partial charge in [-0.05, 0) is 93.5 Å². The Bertz CT molecular complexity index is 1590. The summed E-state index contributed by atoms with van der Waals surface area (Å²) in [6.07, 6.45) is 3.57. The summed E-state index contributed by atoms with van der Waals surface area (Å²) in [6.45, 7) is 15.6. The molecule has 0 N–H and O–H groups in total. The number of fused-ring (bicyclic) bond motifs is 3. The lowest BCUT2D eigenvalue weighted by Crippen LogP contribution is -2.57. The SMILES string of the molecule is CCC(=O)CCc1cc(-c2ccccc2)c2c(c1C)C(=O)C1=C(C)C3(C)C(=O)C(C(C)=O)=C(C)CC3(C)CC1(C)C2. The van der Waals surface area contributed by atoms with Crippen LogP contribution in [0.15, 0.2) is 58.7 Å². The summed E-state index contributed by atoms with van der Waals surface area (Å²) in [5.41, 5.74) is 6.79. The molecule has 0 saturated heterocycles. The van der Waals surface area contributed by atoms with Crippen LogP contribution < -0.4 is 0 Å². The summed E-state index contributed by atoms with van der Waals surface area (Å²) >= 11 is 0. The highest BCUT2D eigenvalue weighted by atomic mass is 16.2. The van der Waals surface area contributed by atoms with Crippen molar-refractivity contribution in [3.8, 4) is 11.1 Å². The van der Waals surface area contributed by atoms with Gasteiger partial charge >= 0.3 is 0 Å². The second-order valence-electron chi connectivity index (χ2n) is 13.5. The Morgan fingerprint density at radius 2 is 1.61 bits per heavy atom. The third-order valence-corrected chi connectivity index (χ3v) is 10.8. The third kappa shape index (κ3) is 4.16. The number of ketones is 4. The van der Waals surface area contributed by atoms with Crippen molar-refractivity contribution in [3.05, 3.63) is 80.9 Å². The molecule has 214 valence electrons. The molecule has 0 aromatic heterocycles. The molecule has 3 aliphatic carbocycles. The molecular weight excluding hydrogens is 508 g/mol. The van der Waals surface area contributed by atoms with Gasteiger partial charge in [0.05, 0.1) is 11.0 Å². The molecule has 0 amide bonds. The van der Waals surface area contributed by atoms with Gasteiger partial charge < -0.3 is 0 Å². The van der Waals surface area contributed by atoms with Crippen LogP contribution in [0.25, 0.3) is 11.1 Å². The molecule has 41 heavy (non-hydrogen) atoms. The van der Waals surface area contributed by atoms with E-state index < -0.39 is 16.2 Å². The molecular formula is C37H42O4. The predicted octanol–water partition coefficient (Wildman–Crippen LogP) is 7.93. The van der Waals surface area contributed by atoms with Crippen LogP contribution in [0.4, 0.5) is 0 Å². The lowest BCUT2D eigenvalue weighted by molar-refractivity contribution is -0.134. The number of carbonyl (C=O) groups is 4. The summed E-state index contributed by atoms with van der Waals surface area (Å²) in [5.74, 6) is -0.135. The number of hydrogen-bond donors (Lipinski definition) is 0. The molecule has 0 bridgehead atoms. The van der Waals surface area contributed by atoms with Crippen molar-refractivity contribution in [2.45, 2.75) is 93.9 Å². The highest BCUT2D eigenvalue weighted by Gasteiger charge is 2.63. The maximum absolute atomic E-state index is 14.8. The number of hydrogen-bond acceptors (Lipinski definition) is 4. The zero-order valence-electron chi connectivity index (χ0n) is 25.8. The molecule has 4 nitrogen and oxygen atoms in total. The van der Waals surface area contributed by atoms with Gasteiger partial charge in [-0.15, -0.1) is 0 Å². The van der Waals surface area contributed by atoms with Crippen molar-refractivity contribution in [1.82, 2.24) is 0 Å². The number of aryl methyl sites for hydroxylation is 1. The Balaban J connectivity index is 1.77. The molecule has 0 fully saturated rings. The van der Waals surface area contributed by atoms with Crippen LogP contribution in [0.1, 0.15) is 101 Å². The number of benzene rings is 2. The van der Waals surface area contributed by atoms with E-state index >= 15 is 0 Å². The maximum Gasteiger partial charge on any atom is 0.190 e. The summed E-state index contributed by atoms with van der Waals surface area (Å²) in [5, 5.41) is 0.